The number of hydrogen-bond donors (Lipinski definition) is 3. The lowest BCUT2D eigenvalue weighted by molar-refractivity contribution is -0.118. The van der Waals surface area contributed by atoms with E-state index in [1.165, 1.54) is 0 Å². The smallest absolute Gasteiger partial charge is 0.262 e. The Morgan fingerprint density at radius 1 is 1.55 bits per heavy atom. The minimum absolute atomic E-state index is 0.00276. The lowest BCUT2D eigenvalue weighted by atomic mass is 10.1. The molecule has 1 aromatic carbocycles. The van der Waals surface area contributed by atoms with Crippen molar-refractivity contribution < 1.29 is 19.4 Å². The van der Waals surface area contributed by atoms with Crippen LogP contribution in [0.5, 0.6) is 5.75 Å². The maximum Gasteiger partial charge on any atom is 0.262 e. The van der Waals surface area contributed by atoms with Crippen molar-refractivity contribution in [1.29, 1.82) is 0 Å². The highest BCUT2D eigenvalue weighted by atomic mass is 16.5. The zero-order valence-corrected chi connectivity index (χ0v) is 11.3. The van der Waals surface area contributed by atoms with Crippen molar-refractivity contribution in [3.05, 3.63) is 23.8 Å². The molecule has 1 aromatic rings. The van der Waals surface area contributed by atoms with Crippen LogP contribution < -0.4 is 15.4 Å². The summed E-state index contributed by atoms with van der Waals surface area (Å²) in [5.41, 5.74) is 0.975. The molecule has 0 aliphatic carbocycles. The second-order valence-electron chi connectivity index (χ2n) is 4.88. The SMILES string of the molecule is CC(CCO)CNC(=O)c1ccc2c(c1)NC(=O)CO2. The summed E-state index contributed by atoms with van der Waals surface area (Å²) >= 11 is 0. The maximum absolute atomic E-state index is 12.0. The topological polar surface area (TPSA) is 87.7 Å². The highest BCUT2D eigenvalue weighted by Gasteiger charge is 2.17. The van der Waals surface area contributed by atoms with Gasteiger partial charge in [0.1, 0.15) is 5.75 Å². The average molecular weight is 278 g/mol. The third kappa shape index (κ3) is 3.48. The van der Waals surface area contributed by atoms with E-state index < -0.39 is 0 Å². The van der Waals surface area contributed by atoms with Gasteiger partial charge in [0.2, 0.25) is 0 Å². The molecule has 0 saturated heterocycles. The molecule has 0 aromatic heterocycles. The molecule has 1 atom stereocenters. The molecule has 0 saturated carbocycles. The average Bonchev–Trinajstić information content (AvgIpc) is 2.44. The van der Waals surface area contributed by atoms with Crippen LogP contribution in [0.15, 0.2) is 18.2 Å². The molecule has 0 radical (unpaired) electrons. The Labute approximate surface area is 117 Å². The number of ether oxygens (including phenoxy) is 1. The van der Waals surface area contributed by atoms with Gasteiger partial charge in [-0.05, 0) is 30.5 Å². The number of fused-ring (bicyclic) bond motifs is 1. The van der Waals surface area contributed by atoms with Gasteiger partial charge >= 0.3 is 0 Å². The number of benzene rings is 1. The van der Waals surface area contributed by atoms with Crippen LogP contribution in [0.3, 0.4) is 0 Å². The molecule has 20 heavy (non-hydrogen) atoms. The Hall–Kier alpha value is -2.08. The van der Waals surface area contributed by atoms with E-state index in [-0.39, 0.29) is 30.9 Å². The molecule has 108 valence electrons. The van der Waals surface area contributed by atoms with Crippen molar-refractivity contribution in [1.82, 2.24) is 5.32 Å². The van der Waals surface area contributed by atoms with E-state index in [1.807, 2.05) is 6.92 Å². The largest absolute Gasteiger partial charge is 0.482 e. The molecule has 6 nitrogen and oxygen atoms in total. The number of aliphatic hydroxyl groups is 1. The number of rotatable bonds is 5. The Morgan fingerprint density at radius 3 is 3.10 bits per heavy atom. The molecule has 2 rings (SSSR count). The second kappa shape index (κ2) is 6.38. The molecule has 0 bridgehead atoms. The number of carbonyl (C=O) groups is 2. The minimum atomic E-state index is -0.230. The molecular weight excluding hydrogens is 260 g/mol. The first kappa shape index (κ1) is 14.3. The lowest BCUT2D eigenvalue weighted by Gasteiger charge is -2.18. The molecule has 3 N–H and O–H groups in total. The molecule has 1 aliphatic rings. The standard InChI is InChI=1S/C14H18N2O4/c1-9(4-5-17)7-15-14(19)10-2-3-12-11(6-10)16-13(18)8-20-12/h2-3,6,9,17H,4-5,7-8H2,1H3,(H,15,19)(H,16,18). The zero-order chi connectivity index (χ0) is 14.5. The van der Waals surface area contributed by atoms with Crippen molar-refractivity contribution in [2.45, 2.75) is 13.3 Å². The van der Waals surface area contributed by atoms with Crippen LogP contribution in [-0.4, -0.2) is 36.7 Å². The number of anilines is 1. The van der Waals surface area contributed by atoms with E-state index in [1.54, 1.807) is 18.2 Å². The van der Waals surface area contributed by atoms with Crippen LogP contribution in [0.2, 0.25) is 0 Å². The summed E-state index contributed by atoms with van der Waals surface area (Å²) in [6, 6.07) is 4.92. The third-order valence-corrected chi connectivity index (χ3v) is 3.11. The van der Waals surface area contributed by atoms with Crippen LogP contribution in [0.25, 0.3) is 0 Å². The van der Waals surface area contributed by atoms with Crippen LogP contribution in [0, 0.1) is 5.92 Å². The van der Waals surface area contributed by atoms with E-state index in [0.717, 1.165) is 0 Å². The fourth-order valence-electron chi connectivity index (χ4n) is 1.92. The summed E-state index contributed by atoms with van der Waals surface area (Å²) in [6.45, 7) is 2.56. The quantitative estimate of drug-likeness (QED) is 0.742. The van der Waals surface area contributed by atoms with Gasteiger partial charge in [0.25, 0.3) is 11.8 Å². The second-order valence-corrected chi connectivity index (χ2v) is 4.88. The van der Waals surface area contributed by atoms with E-state index in [2.05, 4.69) is 10.6 Å². The lowest BCUT2D eigenvalue weighted by Crippen LogP contribution is -2.29. The summed E-state index contributed by atoms with van der Waals surface area (Å²) in [6.07, 6.45) is 0.647. The third-order valence-electron chi connectivity index (χ3n) is 3.11. The van der Waals surface area contributed by atoms with Crippen LogP contribution in [-0.2, 0) is 4.79 Å². The molecule has 0 spiro atoms. The monoisotopic (exact) mass is 278 g/mol. The first-order valence-electron chi connectivity index (χ1n) is 6.56. The fourth-order valence-corrected chi connectivity index (χ4v) is 1.92. The van der Waals surface area contributed by atoms with Crippen molar-refractivity contribution in [2.75, 3.05) is 25.1 Å². The Bertz CT molecular complexity index is 516. The van der Waals surface area contributed by atoms with Gasteiger partial charge in [-0.15, -0.1) is 0 Å². The molecule has 1 unspecified atom stereocenters. The summed E-state index contributed by atoms with van der Waals surface area (Å²) < 4.78 is 5.23. The number of amides is 2. The number of aliphatic hydroxyl groups excluding tert-OH is 1. The normalized spacial score (nSPS) is 14.8. The molecular formula is C14H18N2O4. The summed E-state index contributed by atoms with van der Waals surface area (Å²) in [5, 5.41) is 14.3. The summed E-state index contributed by atoms with van der Waals surface area (Å²) in [4.78, 5) is 23.2. The van der Waals surface area contributed by atoms with Gasteiger partial charge < -0.3 is 20.5 Å². The van der Waals surface area contributed by atoms with Crippen molar-refractivity contribution >= 4 is 17.5 Å². The minimum Gasteiger partial charge on any atom is -0.482 e. The van der Waals surface area contributed by atoms with E-state index in [9.17, 15) is 9.59 Å². The van der Waals surface area contributed by atoms with Crippen LogP contribution in [0.4, 0.5) is 5.69 Å². The van der Waals surface area contributed by atoms with Gasteiger partial charge in [-0.25, -0.2) is 0 Å². The molecule has 6 heteroatoms. The molecule has 1 heterocycles. The first-order valence-corrected chi connectivity index (χ1v) is 6.56. The fraction of sp³-hybridized carbons (Fsp3) is 0.429. The van der Waals surface area contributed by atoms with Crippen molar-refractivity contribution in [2.24, 2.45) is 5.92 Å². The van der Waals surface area contributed by atoms with Gasteiger partial charge in [-0.1, -0.05) is 6.92 Å². The summed E-state index contributed by atoms with van der Waals surface area (Å²) in [7, 11) is 0. The van der Waals surface area contributed by atoms with E-state index >= 15 is 0 Å². The molecule has 0 fully saturated rings. The highest BCUT2D eigenvalue weighted by molar-refractivity contribution is 5.99. The maximum atomic E-state index is 12.0. The molecule has 1 aliphatic heterocycles. The number of hydrogen-bond acceptors (Lipinski definition) is 4. The first-order chi connectivity index (χ1) is 9.60. The highest BCUT2D eigenvalue weighted by Crippen LogP contribution is 2.28. The van der Waals surface area contributed by atoms with Gasteiger partial charge in [-0.3, -0.25) is 9.59 Å². The van der Waals surface area contributed by atoms with Gasteiger partial charge in [0.15, 0.2) is 6.61 Å². The number of nitrogens with one attached hydrogen (secondary N) is 2. The Morgan fingerprint density at radius 2 is 2.35 bits per heavy atom. The van der Waals surface area contributed by atoms with E-state index in [4.69, 9.17) is 9.84 Å². The Kier molecular flexibility index (Phi) is 4.57. The van der Waals surface area contributed by atoms with Crippen molar-refractivity contribution in [3.8, 4) is 5.75 Å². The molecule has 2 amide bonds. The van der Waals surface area contributed by atoms with Crippen LogP contribution in [0.1, 0.15) is 23.7 Å². The van der Waals surface area contributed by atoms with Gasteiger partial charge in [0.05, 0.1) is 5.69 Å². The number of carbonyl (C=O) groups excluding carboxylic acids is 2. The van der Waals surface area contributed by atoms with Crippen molar-refractivity contribution in [3.63, 3.8) is 0 Å². The predicted molar refractivity (Wildman–Crippen MR) is 73.8 cm³/mol. The van der Waals surface area contributed by atoms with Gasteiger partial charge in [0, 0.05) is 18.7 Å². The van der Waals surface area contributed by atoms with E-state index in [0.29, 0.717) is 30.0 Å². The van der Waals surface area contributed by atoms with Gasteiger partial charge in [-0.2, -0.15) is 0 Å². The Balaban J connectivity index is 2.00. The zero-order valence-electron chi connectivity index (χ0n) is 11.3. The predicted octanol–water partition coefficient (Wildman–Crippen LogP) is 0.766. The summed E-state index contributed by atoms with van der Waals surface area (Å²) in [5.74, 6) is 0.337. The van der Waals surface area contributed by atoms with Crippen LogP contribution >= 0.6 is 0 Å².